The maximum absolute atomic E-state index is 12.1. The van der Waals surface area contributed by atoms with Crippen molar-refractivity contribution in [3.8, 4) is 0 Å². The molecule has 0 saturated heterocycles. The third-order valence-electron chi connectivity index (χ3n) is 2.21. The number of benzene rings is 1. The van der Waals surface area contributed by atoms with E-state index in [1.165, 1.54) is 18.2 Å². The highest BCUT2D eigenvalue weighted by Crippen LogP contribution is 2.23. The normalized spacial score (nSPS) is 11.0. The zero-order chi connectivity index (χ0) is 14.6. The predicted molar refractivity (Wildman–Crippen MR) is 63.5 cm³/mol. The van der Waals surface area contributed by atoms with E-state index in [9.17, 15) is 22.8 Å². The van der Waals surface area contributed by atoms with Crippen molar-refractivity contribution < 1.29 is 22.8 Å². The monoisotopic (exact) mass is 275 g/mol. The van der Waals surface area contributed by atoms with Crippen LogP contribution in [0.2, 0.25) is 0 Å². The maximum atomic E-state index is 12.1. The van der Waals surface area contributed by atoms with Gasteiger partial charge in [-0.25, -0.2) is 0 Å². The van der Waals surface area contributed by atoms with Crippen LogP contribution in [-0.2, 0) is 9.59 Å². The van der Waals surface area contributed by atoms with Gasteiger partial charge < -0.3 is 16.4 Å². The van der Waals surface area contributed by atoms with E-state index in [-0.39, 0.29) is 17.9 Å². The van der Waals surface area contributed by atoms with Crippen LogP contribution in [0, 0.1) is 6.92 Å². The van der Waals surface area contributed by atoms with Gasteiger partial charge in [-0.15, -0.1) is 0 Å². The van der Waals surface area contributed by atoms with Crippen LogP contribution in [0.5, 0.6) is 0 Å². The number of aryl methyl sites for hydroxylation is 1. The van der Waals surface area contributed by atoms with Crippen molar-refractivity contribution in [2.24, 2.45) is 5.73 Å². The van der Waals surface area contributed by atoms with E-state index >= 15 is 0 Å². The molecule has 0 radical (unpaired) electrons. The molecule has 0 unspecified atom stereocenters. The summed E-state index contributed by atoms with van der Waals surface area (Å²) < 4.78 is 36.2. The van der Waals surface area contributed by atoms with E-state index in [4.69, 9.17) is 5.73 Å². The quantitative estimate of drug-likeness (QED) is 0.779. The largest absolute Gasteiger partial charge is 0.471 e. The molecule has 4 N–H and O–H groups in total. The Kier molecular flexibility index (Phi) is 4.49. The lowest BCUT2D eigenvalue weighted by atomic mass is 10.1. The lowest BCUT2D eigenvalue weighted by molar-refractivity contribution is -0.167. The number of alkyl halides is 3. The number of hydrogen-bond acceptors (Lipinski definition) is 3. The number of carbonyl (C=O) groups is 2. The number of nitrogens with two attached hydrogens (primary N) is 1. The number of hydrogen-bond donors (Lipinski definition) is 3. The molecule has 0 aliphatic heterocycles. The fourth-order valence-electron chi connectivity index (χ4n) is 1.24. The summed E-state index contributed by atoms with van der Waals surface area (Å²) in [5.74, 6) is -2.56. The molecule has 1 aromatic carbocycles. The second-order valence-electron chi connectivity index (χ2n) is 3.73. The van der Waals surface area contributed by atoms with Gasteiger partial charge in [-0.1, -0.05) is 6.07 Å². The summed E-state index contributed by atoms with van der Waals surface area (Å²) in [7, 11) is 0. The Morgan fingerprint density at radius 3 is 2.42 bits per heavy atom. The highest BCUT2D eigenvalue weighted by molar-refractivity contribution is 5.97. The van der Waals surface area contributed by atoms with Gasteiger partial charge in [0.2, 0.25) is 5.91 Å². The van der Waals surface area contributed by atoms with Crippen molar-refractivity contribution in [2.45, 2.75) is 13.1 Å². The summed E-state index contributed by atoms with van der Waals surface area (Å²) in [5, 5.41) is 4.11. The number of rotatable bonds is 3. The van der Waals surface area contributed by atoms with Gasteiger partial charge in [0.15, 0.2) is 0 Å². The van der Waals surface area contributed by atoms with Crippen LogP contribution >= 0.6 is 0 Å². The highest BCUT2D eigenvalue weighted by Gasteiger charge is 2.38. The molecule has 5 nitrogen and oxygen atoms in total. The first-order valence-electron chi connectivity index (χ1n) is 5.23. The molecular formula is C11H12F3N3O2. The van der Waals surface area contributed by atoms with Crippen molar-refractivity contribution in [2.75, 3.05) is 17.2 Å². The molecule has 0 spiro atoms. The number of halogens is 3. The van der Waals surface area contributed by atoms with Gasteiger partial charge >= 0.3 is 12.1 Å². The summed E-state index contributed by atoms with van der Waals surface area (Å²) in [5.41, 5.74) is 5.96. The molecule has 1 rings (SSSR count). The topological polar surface area (TPSA) is 84.2 Å². The van der Waals surface area contributed by atoms with E-state index in [0.717, 1.165) is 0 Å². The maximum Gasteiger partial charge on any atom is 0.471 e. The Morgan fingerprint density at radius 2 is 1.89 bits per heavy atom. The molecule has 104 valence electrons. The molecule has 0 atom stereocenters. The molecule has 0 bridgehead atoms. The summed E-state index contributed by atoms with van der Waals surface area (Å²) in [6.07, 6.45) is -4.97. The molecular weight excluding hydrogens is 263 g/mol. The zero-order valence-electron chi connectivity index (χ0n) is 9.97. The number of anilines is 2. The van der Waals surface area contributed by atoms with E-state index < -0.39 is 18.0 Å². The fourth-order valence-corrected chi connectivity index (χ4v) is 1.24. The predicted octanol–water partition coefficient (Wildman–Crippen LogP) is 1.39. The van der Waals surface area contributed by atoms with Crippen LogP contribution in [0.4, 0.5) is 24.5 Å². The van der Waals surface area contributed by atoms with Crippen LogP contribution in [0.1, 0.15) is 5.56 Å². The van der Waals surface area contributed by atoms with Gasteiger partial charge in [-0.05, 0) is 24.6 Å². The average Bonchev–Trinajstić information content (AvgIpc) is 2.32. The first-order valence-corrected chi connectivity index (χ1v) is 5.23. The van der Waals surface area contributed by atoms with E-state index in [1.54, 1.807) is 12.2 Å². The molecule has 0 aromatic heterocycles. The third kappa shape index (κ3) is 4.25. The van der Waals surface area contributed by atoms with Crippen molar-refractivity contribution in [3.05, 3.63) is 23.8 Å². The molecule has 0 fully saturated rings. The van der Waals surface area contributed by atoms with Crippen LogP contribution in [0.25, 0.3) is 0 Å². The molecule has 2 amide bonds. The van der Waals surface area contributed by atoms with E-state index in [0.29, 0.717) is 5.56 Å². The summed E-state index contributed by atoms with van der Waals surface area (Å²) in [4.78, 5) is 21.9. The summed E-state index contributed by atoms with van der Waals surface area (Å²) in [6.45, 7) is 1.40. The Labute approximate surface area is 107 Å². The molecule has 0 saturated carbocycles. The van der Waals surface area contributed by atoms with Gasteiger partial charge in [0.05, 0.1) is 6.54 Å². The lowest BCUT2D eigenvalue weighted by Crippen LogP contribution is -2.30. The van der Waals surface area contributed by atoms with Crippen molar-refractivity contribution in [3.63, 3.8) is 0 Å². The molecule has 19 heavy (non-hydrogen) atoms. The first kappa shape index (κ1) is 15.0. The Hall–Kier alpha value is -2.09. The van der Waals surface area contributed by atoms with Gasteiger partial charge in [0.25, 0.3) is 0 Å². The summed E-state index contributed by atoms with van der Waals surface area (Å²) >= 11 is 0. The van der Waals surface area contributed by atoms with E-state index in [2.05, 4.69) is 5.32 Å². The van der Waals surface area contributed by atoms with Crippen molar-refractivity contribution >= 4 is 23.2 Å². The van der Waals surface area contributed by atoms with Crippen molar-refractivity contribution in [1.82, 2.24) is 0 Å². The SMILES string of the molecule is Cc1ccc(NC(=O)C(F)(F)F)cc1NC(=O)CN. The van der Waals surface area contributed by atoms with Crippen LogP contribution < -0.4 is 16.4 Å². The zero-order valence-corrected chi connectivity index (χ0v) is 9.97. The van der Waals surface area contributed by atoms with Crippen molar-refractivity contribution in [1.29, 1.82) is 0 Å². The molecule has 1 aromatic rings. The number of carbonyl (C=O) groups excluding carboxylic acids is 2. The average molecular weight is 275 g/mol. The van der Waals surface area contributed by atoms with Gasteiger partial charge in [-0.3, -0.25) is 9.59 Å². The Balaban J connectivity index is 2.90. The minimum Gasteiger partial charge on any atom is -0.325 e. The Bertz CT molecular complexity index is 500. The smallest absolute Gasteiger partial charge is 0.325 e. The Morgan fingerprint density at radius 1 is 1.26 bits per heavy atom. The van der Waals surface area contributed by atoms with Gasteiger partial charge in [0.1, 0.15) is 0 Å². The fraction of sp³-hybridized carbons (Fsp3) is 0.273. The summed E-state index contributed by atoms with van der Waals surface area (Å²) in [6, 6.07) is 4.00. The minimum absolute atomic E-state index is 0.0692. The van der Waals surface area contributed by atoms with Crippen LogP contribution in [-0.4, -0.2) is 24.5 Å². The number of nitrogens with one attached hydrogen (secondary N) is 2. The molecule has 0 aliphatic rings. The van der Waals surface area contributed by atoms with Gasteiger partial charge in [-0.2, -0.15) is 13.2 Å². The second-order valence-corrected chi connectivity index (χ2v) is 3.73. The molecule has 0 aliphatic carbocycles. The lowest BCUT2D eigenvalue weighted by Gasteiger charge is -2.12. The molecule has 8 heteroatoms. The standard InChI is InChI=1S/C11H12F3N3O2/c1-6-2-3-7(16-10(19)11(12,13)14)4-8(6)17-9(18)5-15/h2-4H,5,15H2,1H3,(H,16,19)(H,17,18). The van der Waals surface area contributed by atoms with Crippen LogP contribution in [0.3, 0.4) is 0 Å². The van der Waals surface area contributed by atoms with Crippen LogP contribution in [0.15, 0.2) is 18.2 Å². The number of amides is 2. The van der Waals surface area contributed by atoms with Gasteiger partial charge in [0, 0.05) is 11.4 Å². The highest BCUT2D eigenvalue weighted by atomic mass is 19.4. The first-order chi connectivity index (χ1) is 8.74. The second kappa shape index (κ2) is 5.70. The van der Waals surface area contributed by atoms with E-state index in [1.807, 2.05) is 0 Å². The minimum atomic E-state index is -4.97. The third-order valence-corrected chi connectivity index (χ3v) is 2.21. The molecule has 0 heterocycles.